The molecule has 1 atom stereocenters. The predicted molar refractivity (Wildman–Crippen MR) is 141 cm³/mol. The lowest BCUT2D eigenvalue weighted by Crippen LogP contribution is -2.39. The van der Waals surface area contributed by atoms with Crippen molar-refractivity contribution >= 4 is 32.0 Å². The van der Waals surface area contributed by atoms with Gasteiger partial charge in [0.15, 0.2) is 11.2 Å². The van der Waals surface area contributed by atoms with Crippen molar-refractivity contribution in [3.63, 3.8) is 0 Å². The van der Waals surface area contributed by atoms with Crippen molar-refractivity contribution in [1.29, 1.82) is 0 Å². The topological polar surface area (TPSA) is 114 Å². The average Bonchev–Trinajstić information content (AvgIpc) is 3.32. The van der Waals surface area contributed by atoms with Gasteiger partial charge in [-0.2, -0.15) is 4.31 Å². The fraction of sp³-hybridized carbons (Fsp3) is 0.259. The van der Waals surface area contributed by atoms with Gasteiger partial charge in [0.2, 0.25) is 10.0 Å². The summed E-state index contributed by atoms with van der Waals surface area (Å²) in [7, 11) is -3.64. The van der Waals surface area contributed by atoms with E-state index in [2.05, 4.69) is 39.6 Å². The Bertz CT molecular complexity index is 1780. The maximum Gasteiger partial charge on any atom is 0.281 e. The van der Waals surface area contributed by atoms with Gasteiger partial charge in [-0.05, 0) is 54.3 Å². The molecular weight excluding hydrogens is 488 g/mol. The Hall–Kier alpha value is -3.89. The number of piperidine rings is 1. The fourth-order valence-electron chi connectivity index (χ4n) is 4.94. The molecule has 1 N–H and O–H groups in total. The van der Waals surface area contributed by atoms with Crippen LogP contribution in [0.15, 0.2) is 76.4 Å². The van der Waals surface area contributed by atoms with Crippen LogP contribution in [-0.4, -0.2) is 50.8 Å². The molecule has 0 unspecified atom stereocenters. The lowest BCUT2D eigenvalue weighted by Gasteiger charge is -2.31. The van der Waals surface area contributed by atoms with E-state index in [1.54, 1.807) is 28.9 Å². The van der Waals surface area contributed by atoms with Crippen molar-refractivity contribution in [2.45, 2.75) is 37.1 Å². The summed E-state index contributed by atoms with van der Waals surface area (Å²) in [6, 6.07) is 21.2. The predicted octanol–water partition coefficient (Wildman–Crippen LogP) is 3.59. The molecule has 0 saturated carbocycles. The minimum absolute atomic E-state index is 0.171. The molecule has 1 aliphatic rings. The minimum atomic E-state index is -3.64. The highest BCUT2D eigenvalue weighted by molar-refractivity contribution is 7.89. The van der Waals surface area contributed by atoms with Crippen molar-refractivity contribution in [1.82, 2.24) is 29.3 Å². The second-order valence-corrected chi connectivity index (χ2v) is 11.5. The van der Waals surface area contributed by atoms with E-state index in [-0.39, 0.29) is 28.4 Å². The quantitative estimate of drug-likeness (QED) is 0.383. The Morgan fingerprint density at radius 2 is 1.81 bits per heavy atom. The van der Waals surface area contributed by atoms with Gasteiger partial charge in [-0.15, -0.1) is 5.10 Å². The van der Waals surface area contributed by atoms with Crippen LogP contribution in [0.2, 0.25) is 0 Å². The number of aryl methyl sites for hydroxylation is 1. The lowest BCUT2D eigenvalue weighted by atomic mass is 9.99. The largest absolute Gasteiger partial charge is 0.308 e. The van der Waals surface area contributed by atoms with E-state index in [0.717, 1.165) is 28.3 Å². The van der Waals surface area contributed by atoms with Gasteiger partial charge < -0.3 is 4.98 Å². The molecule has 3 heterocycles. The molecule has 0 radical (unpaired) electrons. The van der Waals surface area contributed by atoms with Crippen LogP contribution in [0.5, 0.6) is 0 Å². The summed E-state index contributed by atoms with van der Waals surface area (Å²) in [5.74, 6) is 0.221. The molecule has 0 aliphatic carbocycles. The maximum absolute atomic E-state index is 13.3. The Balaban J connectivity index is 1.30. The summed E-state index contributed by atoms with van der Waals surface area (Å²) in [6.45, 7) is 3.01. The SMILES string of the molecule is Cc1ccc(S(=O)(=O)N2CCC[C@H](c3nc4c(nnn4Cc4ccc5ccccc5c4)c(=O)[nH]3)C2)cc1. The van der Waals surface area contributed by atoms with E-state index < -0.39 is 10.0 Å². The Morgan fingerprint density at radius 3 is 2.62 bits per heavy atom. The summed E-state index contributed by atoms with van der Waals surface area (Å²) in [4.78, 5) is 20.7. The molecule has 0 spiro atoms. The number of hydrogen-bond acceptors (Lipinski definition) is 6. The molecule has 1 saturated heterocycles. The molecule has 0 bridgehead atoms. The Kier molecular flexibility index (Phi) is 5.85. The number of fused-ring (bicyclic) bond motifs is 2. The normalized spacial score (nSPS) is 16.9. The van der Waals surface area contributed by atoms with E-state index in [0.29, 0.717) is 31.0 Å². The molecule has 1 fully saturated rings. The molecule has 3 aromatic carbocycles. The molecule has 10 heteroatoms. The number of rotatable bonds is 5. The Labute approximate surface area is 213 Å². The first-order valence-electron chi connectivity index (χ1n) is 12.3. The van der Waals surface area contributed by atoms with E-state index >= 15 is 0 Å². The summed E-state index contributed by atoms with van der Waals surface area (Å²) in [5, 5.41) is 10.5. The van der Waals surface area contributed by atoms with Gasteiger partial charge in [-0.3, -0.25) is 4.79 Å². The van der Waals surface area contributed by atoms with E-state index in [1.165, 1.54) is 4.31 Å². The zero-order valence-corrected chi connectivity index (χ0v) is 21.1. The van der Waals surface area contributed by atoms with Gasteiger partial charge in [0.1, 0.15) is 5.82 Å². The number of aromatic nitrogens is 5. The third-order valence-corrected chi connectivity index (χ3v) is 8.85. The molecule has 2 aromatic heterocycles. The number of hydrogen-bond donors (Lipinski definition) is 1. The van der Waals surface area contributed by atoms with Gasteiger partial charge in [0, 0.05) is 19.0 Å². The molecule has 0 amide bonds. The summed E-state index contributed by atoms with van der Waals surface area (Å²) in [5.41, 5.74) is 2.21. The molecule has 37 heavy (non-hydrogen) atoms. The van der Waals surface area contributed by atoms with E-state index in [1.807, 2.05) is 25.1 Å². The van der Waals surface area contributed by atoms with E-state index in [4.69, 9.17) is 4.98 Å². The number of aromatic amines is 1. The first kappa shape index (κ1) is 23.5. The zero-order valence-electron chi connectivity index (χ0n) is 20.3. The van der Waals surface area contributed by atoms with Gasteiger partial charge in [-0.1, -0.05) is 59.3 Å². The van der Waals surface area contributed by atoms with Crippen LogP contribution in [0, 0.1) is 6.92 Å². The second kappa shape index (κ2) is 9.20. The van der Waals surface area contributed by atoms with Crippen LogP contribution in [-0.2, 0) is 16.6 Å². The lowest BCUT2D eigenvalue weighted by molar-refractivity contribution is 0.309. The van der Waals surface area contributed by atoms with Crippen LogP contribution in [0.3, 0.4) is 0 Å². The standard InChI is InChI=1S/C27H26N6O3S/c1-18-8-12-23(13-9-18)37(35,36)32-14-4-7-22(17-32)25-28-26-24(27(34)29-25)30-31-33(26)16-19-10-11-20-5-2-3-6-21(20)15-19/h2-3,5-6,8-13,15,22H,4,7,14,16-17H2,1H3,(H,28,29,34)/t22-/m0/s1. The van der Waals surface area contributed by atoms with Crippen molar-refractivity contribution < 1.29 is 8.42 Å². The fourth-order valence-corrected chi connectivity index (χ4v) is 6.46. The van der Waals surface area contributed by atoms with Crippen molar-refractivity contribution in [2.24, 2.45) is 0 Å². The maximum atomic E-state index is 13.3. The highest BCUT2D eigenvalue weighted by Crippen LogP contribution is 2.29. The molecular formula is C27H26N6O3S. The number of benzene rings is 3. The summed E-state index contributed by atoms with van der Waals surface area (Å²) in [6.07, 6.45) is 1.40. The van der Waals surface area contributed by atoms with Gasteiger partial charge >= 0.3 is 0 Å². The summed E-state index contributed by atoms with van der Waals surface area (Å²) < 4.78 is 29.7. The van der Waals surface area contributed by atoms with Crippen LogP contribution in [0.25, 0.3) is 21.9 Å². The average molecular weight is 515 g/mol. The molecule has 5 aromatic rings. The van der Waals surface area contributed by atoms with Crippen molar-refractivity contribution in [3.05, 3.63) is 94.0 Å². The summed E-state index contributed by atoms with van der Waals surface area (Å²) >= 11 is 0. The molecule has 1 aliphatic heterocycles. The first-order valence-corrected chi connectivity index (χ1v) is 13.7. The first-order chi connectivity index (χ1) is 17.9. The van der Waals surface area contributed by atoms with Crippen LogP contribution >= 0.6 is 0 Å². The van der Waals surface area contributed by atoms with Crippen molar-refractivity contribution in [3.8, 4) is 0 Å². The van der Waals surface area contributed by atoms with Gasteiger partial charge in [0.05, 0.1) is 11.4 Å². The van der Waals surface area contributed by atoms with Crippen LogP contribution in [0.4, 0.5) is 0 Å². The monoisotopic (exact) mass is 514 g/mol. The zero-order chi connectivity index (χ0) is 25.6. The van der Waals surface area contributed by atoms with Gasteiger partial charge in [-0.25, -0.2) is 18.1 Å². The van der Waals surface area contributed by atoms with Crippen molar-refractivity contribution in [2.75, 3.05) is 13.1 Å². The number of sulfonamides is 1. The number of nitrogens with one attached hydrogen (secondary N) is 1. The van der Waals surface area contributed by atoms with Gasteiger partial charge in [0.25, 0.3) is 5.56 Å². The molecule has 188 valence electrons. The van der Waals surface area contributed by atoms with Crippen LogP contribution < -0.4 is 5.56 Å². The third-order valence-electron chi connectivity index (χ3n) is 6.97. The molecule has 6 rings (SSSR count). The third kappa shape index (κ3) is 4.42. The Morgan fingerprint density at radius 1 is 1.03 bits per heavy atom. The highest BCUT2D eigenvalue weighted by atomic mass is 32.2. The molecule has 9 nitrogen and oxygen atoms in total. The number of nitrogens with zero attached hydrogens (tertiary/aromatic N) is 5. The van der Waals surface area contributed by atoms with E-state index in [9.17, 15) is 13.2 Å². The number of H-pyrrole nitrogens is 1. The minimum Gasteiger partial charge on any atom is -0.308 e. The highest BCUT2D eigenvalue weighted by Gasteiger charge is 2.32. The second-order valence-electron chi connectivity index (χ2n) is 9.57. The smallest absolute Gasteiger partial charge is 0.281 e. The van der Waals surface area contributed by atoms with Crippen LogP contribution in [0.1, 0.15) is 35.7 Å².